The molecule has 0 aromatic rings. The van der Waals surface area contributed by atoms with Crippen molar-refractivity contribution in [2.45, 2.75) is 20.0 Å². The number of carbonyl (C=O) groups excluding carboxylic acids is 2. The third kappa shape index (κ3) is 6.05. The molecule has 0 aromatic heterocycles. The van der Waals surface area contributed by atoms with Crippen molar-refractivity contribution >= 4 is 11.8 Å². The second-order valence-corrected chi connectivity index (χ2v) is 2.85. The van der Waals surface area contributed by atoms with Gasteiger partial charge in [0.15, 0.2) is 0 Å². The number of nitrogens with one attached hydrogen (secondary N) is 1. The minimum Gasteiger partial charge on any atom is -0.465 e. The summed E-state index contributed by atoms with van der Waals surface area (Å²) in [6, 6.07) is 0. The number of halogens is 3. The number of rotatable bonds is 5. The summed E-state index contributed by atoms with van der Waals surface area (Å²) in [7, 11) is 0. The summed E-state index contributed by atoms with van der Waals surface area (Å²) >= 11 is 0. The van der Waals surface area contributed by atoms with Crippen LogP contribution in [-0.4, -0.2) is 31.1 Å². The summed E-state index contributed by atoms with van der Waals surface area (Å²) in [6.07, 6.45) is -4.51. The third-order valence-corrected chi connectivity index (χ3v) is 1.44. The molecule has 0 saturated carbocycles. The Hall–Kier alpha value is -1.53. The van der Waals surface area contributed by atoms with Crippen molar-refractivity contribution in [3.8, 4) is 0 Å². The van der Waals surface area contributed by atoms with E-state index in [1.165, 1.54) is 6.92 Å². The molecule has 0 aromatic carbocycles. The van der Waals surface area contributed by atoms with Gasteiger partial charge in [-0.3, -0.25) is 9.59 Å². The molecule has 0 amide bonds. The molecule has 0 aliphatic rings. The Morgan fingerprint density at radius 2 is 1.94 bits per heavy atom. The first-order valence-electron chi connectivity index (χ1n) is 4.46. The number of esters is 1. The lowest BCUT2D eigenvalue weighted by atomic mass is 10.3. The van der Waals surface area contributed by atoms with Crippen molar-refractivity contribution in [1.82, 2.24) is 5.32 Å². The van der Waals surface area contributed by atoms with Crippen molar-refractivity contribution in [1.29, 1.82) is 0 Å². The van der Waals surface area contributed by atoms with Crippen LogP contribution in [0.5, 0.6) is 0 Å². The maximum absolute atomic E-state index is 11.8. The highest BCUT2D eigenvalue weighted by molar-refractivity contribution is 5.94. The SMILES string of the molecule is CCOC(=O)CN/C(C)=C\C(=O)C(F)(F)F. The first-order chi connectivity index (χ1) is 7.27. The molecule has 0 radical (unpaired) electrons. The average Bonchev–Trinajstić information content (AvgIpc) is 2.13. The fourth-order valence-electron chi connectivity index (χ4n) is 0.753. The van der Waals surface area contributed by atoms with Crippen LogP contribution in [0.3, 0.4) is 0 Å². The zero-order valence-corrected chi connectivity index (χ0v) is 8.85. The van der Waals surface area contributed by atoms with Gasteiger partial charge in [-0.1, -0.05) is 0 Å². The van der Waals surface area contributed by atoms with E-state index in [4.69, 9.17) is 0 Å². The molecule has 1 N–H and O–H groups in total. The number of carbonyl (C=O) groups is 2. The molecule has 0 unspecified atom stereocenters. The maximum atomic E-state index is 11.8. The number of ketones is 1. The minimum atomic E-state index is -4.90. The second-order valence-electron chi connectivity index (χ2n) is 2.85. The van der Waals surface area contributed by atoms with E-state index in [2.05, 4.69) is 10.1 Å². The first-order valence-corrected chi connectivity index (χ1v) is 4.46. The van der Waals surface area contributed by atoms with E-state index in [9.17, 15) is 22.8 Å². The number of alkyl halides is 3. The molecular formula is C9H12F3NO3. The van der Waals surface area contributed by atoms with Crippen molar-refractivity contribution in [3.63, 3.8) is 0 Å². The van der Waals surface area contributed by atoms with E-state index in [1.54, 1.807) is 6.92 Å². The van der Waals surface area contributed by atoms with E-state index in [1.807, 2.05) is 0 Å². The topological polar surface area (TPSA) is 55.4 Å². The Morgan fingerprint density at radius 1 is 1.38 bits per heavy atom. The minimum absolute atomic E-state index is 0.0459. The van der Waals surface area contributed by atoms with E-state index >= 15 is 0 Å². The molecule has 0 bridgehead atoms. The van der Waals surface area contributed by atoms with Crippen molar-refractivity contribution in [3.05, 3.63) is 11.8 Å². The summed E-state index contributed by atoms with van der Waals surface area (Å²) < 4.78 is 40.0. The number of allylic oxidation sites excluding steroid dienone is 2. The standard InChI is InChI=1S/C9H12F3NO3/c1-3-16-8(15)5-13-6(2)4-7(14)9(10,11)12/h4,13H,3,5H2,1-2H3/b6-4-. The van der Waals surface area contributed by atoms with Crippen molar-refractivity contribution in [2.24, 2.45) is 0 Å². The highest BCUT2D eigenvalue weighted by atomic mass is 19.4. The van der Waals surface area contributed by atoms with E-state index < -0.39 is 17.9 Å². The Bertz CT molecular complexity index is 297. The summed E-state index contributed by atoms with van der Waals surface area (Å²) in [5.74, 6) is -2.57. The molecule has 16 heavy (non-hydrogen) atoms. The molecule has 0 heterocycles. The van der Waals surface area contributed by atoms with Crippen molar-refractivity contribution < 1.29 is 27.5 Å². The number of hydrogen-bond donors (Lipinski definition) is 1. The summed E-state index contributed by atoms with van der Waals surface area (Å²) in [5, 5.41) is 2.34. The Labute approximate surface area is 90.5 Å². The quantitative estimate of drug-likeness (QED) is 0.578. The smallest absolute Gasteiger partial charge is 0.454 e. The zero-order valence-electron chi connectivity index (χ0n) is 8.85. The summed E-state index contributed by atoms with van der Waals surface area (Å²) in [4.78, 5) is 21.3. The summed E-state index contributed by atoms with van der Waals surface area (Å²) in [6.45, 7) is 2.77. The Morgan fingerprint density at radius 3 is 2.38 bits per heavy atom. The fourth-order valence-corrected chi connectivity index (χ4v) is 0.753. The fraction of sp³-hybridized carbons (Fsp3) is 0.556. The van der Waals surface area contributed by atoms with Crippen LogP contribution >= 0.6 is 0 Å². The molecular weight excluding hydrogens is 227 g/mol. The molecule has 0 spiro atoms. The van der Waals surface area contributed by atoms with Gasteiger partial charge in [-0.25, -0.2) is 0 Å². The van der Waals surface area contributed by atoms with Crippen molar-refractivity contribution in [2.75, 3.05) is 13.2 Å². The highest BCUT2D eigenvalue weighted by Gasteiger charge is 2.36. The van der Waals surface area contributed by atoms with Crippen LogP contribution in [0.25, 0.3) is 0 Å². The van der Waals surface area contributed by atoms with Crippen LogP contribution in [-0.2, 0) is 14.3 Å². The van der Waals surface area contributed by atoms with E-state index in [-0.39, 0.29) is 18.8 Å². The lowest BCUT2D eigenvalue weighted by Crippen LogP contribution is -2.26. The van der Waals surface area contributed by atoms with Gasteiger partial charge in [-0.05, 0) is 13.8 Å². The monoisotopic (exact) mass is 239 g/mol. The molecule has 7 heteroatoms. The summed E-state index contributed by atoms with van der Waals surface area (Å²) in [5.41, 5.74) is -0.0459. The van der Waals surface area contributed by atoms with Gasteiger partial charge in [-0.2, -0.15) is 13.2 Å². The predicted octanol–water partition coefficient (Wildman–Crippen LogP) is 1.17. The van der Waals surface area contributed by atoms with Gasteiger partial charge >= 0.3 is 12.1 Å². The normalized spacial score (nSPS) is 12.2. The molecule has 0 atom stereocenters. The first kappa shape index (κ1) is 14.5. The maximum Gasteiger partial charge on any atom is 0.454 e. The average molecular weight is 239 g/mol. The van der Waals surface area contributed by atoms with Crippen LogP contribution in [0.1, 0.15) is 13.8 Å². The Balaban J connectivity index is 4.16. The van der Waals surface area contributed by atoms with E-state index in [0.29, 0.717) is 6.08 Å². The van der Waals surface area contributed by atoms with Gasteiger partial charge in [0.2, 0.25) is 0 Å². The lowest BCUT2D eigenvalue weighted by molar-refractivity contribution is -0.165. The van der Waals surface area contributed by atoms with Gasteiger partial charge in [0.25, 0.3) is 5.78 Å². The highest BCUT2D eigenvalue weighted by Crippen LogP contribution is 2.16. The van der Waals surface area contributed by atoms with Gasteiger partial charge < -0.3 is 10.1 Å². The van der Waals surface area contributed by atoms with Gasteiger partial charge in [0.05, 0.1) is 6.61 Å². The molecule has 4 nitrogen and oxygen atoms in total. The molecule has 0 aliphatic heterocycles. The van der Waals surface area contributed by atoms with Crippen LogP contribution in [0, 0.1) is 0 Å². The van der Waals surface area contributed by atoms with Crippen LogP contribution in [0.4, 0.5) is 13.2 Å². The molecule has 0 aliphatic carbocycles. The third-order valence-electron chi connectivity index (χ3n) is 1.44. The van der Waals surface area contributed by atoms with Gasteiger partial charge in [0.1, 0.15) is 6.54 Å². The predicted molar refractivity (Wildman–Crippen MR) is 49.5 cm³/mol. The number of hydrogen-bond acceptors (Lipinski definition) is 4. The van der Waals surface area contributed by atoms with Crippen LogP contribution < -0.4 is 5.32 Å². The lowest BCUT2D eigenvalue weighted by Gasteiger charge is -2.06. The largest absolute Gasteiger partial charge is 0.465 e. The van der Waals surface area contributed by atoms with E-state index in [0.717, 1.165) is 0 Å². The molecule has 0 rings (SSSR count). The number of ether oxygens (including phenoxy) is 1. The second kappa shape index (κ2) is 6.14. The van der Waals surface area contributed by atoms with Crippen LogP contribution in [0.15, 0.2) is 11.8 Å². The van der Waals surface area contributed by atoms with Gasteiger partial charge in [0, 0.05) is 11.8 Å². The van der Waals surface area contributed by atoms with Gasteiger partial charge in [-0.15, -0.1) is 0 Å². The molecule has 0 fully saturated rings. The zero-order chi connectivity index (χ0) is 12.8. The Kier molecular flexibility index (Phi) is 5.55. The molecule has 92 valence electrons. The molecule has 0 saturated heterocycles. The van der Waals surface area contributed by atoms with Crippen LogP contribution in [0.2, 0.25) is 0 Å².